The van der Waals surface area contributed by atoms with E-state index in [1.165, 1.54) is 0 Å². The minimum Gasteiger partial charge on any atom is -0.378 e. The van der Waals surface area contributed by atoms with Crippen LogP contribution in [0.3, 0.4) is 0 Å². The molecule has 1 fully saturated rings. The van der Waals surface area contributed by atoms with Gasteiger partial charge in [0.15, 0.2) is 5.11 Å². The molecule has 0 aromatic carbocycles. The Morgan fingerprint density at radius 2 is 1.85 bits per heavy atom. The van der Waals surface area contributed by atoms with E-state index in [1.807, 2.05) is 0 Å². The van der Waals surface area contributed by atoms with E-state index in [2.05, 4.69) is 31.0 Å². The molecule has 0 radical (unpaired) electrons. The van der Waals surface area contributed by atoms with Crippen LogP contribution in [0.15, 0.2) is 0 Å². The predicted molar refractivity (Wildman–Crippen MR) is 57.9 cm³/mol. The first kappa shape index (κ1) is 10.7. The van der Waals surface area contributed by atoms with Crippen LogP contribution in [0, 0.1) is 0 Å². The van der Waals surface area contributed by atoms with Gasteiger partial charge in [0.2, 0.25) is 0 Å². The molecule has 0 amide bonds. The maximum Gasteiger partial charge on any atom is 0.169 e. The van der Waals surface area contributed by atoms with Crippen LogP contribution in [0.5, 0.6) is 0 Å². The molecule has 1 aliphatic heterocycles. The monoisotopic (exact) mass is 202 g/mol. The highest BCUT2D eigenvalue weighted by Gasteiger charge is 2.17. The summed E-state index contributed by atoms with van der Waals surface area (Å²) in [6.07, 6.45) is 0. The molecular weight excluding hydrogens is 184 g/mol. The number of nitrogens with zero attached hydrogens (tertiary/aromatic N) is 1. The van der Waals surface area contributed by atoms with E-state index in [0.29, 0.717) is 0 Å². The fourth-order valence-corrected chi connectivity index (χ4v) is 1.66. The van der Waals surface area contributed by atoms with Crippen molar-refractivity contribution in [2.45, 2.75) is 26.3 Å². The molecule has 76 valence electrons. The van der Waals surface area contributed by atoms with Crippen molar-refractivity contribution in [2.24, 2.45) is 0 Å². The summed E-state index contributed by atoms with van der Waals surface area (Å²) in [4.78, 5) is 2.16. The lowest BCUT2D eigenvalue weighted by atomic mass is 10.1. The molecule has 0 aliphatic carbocycles. The van der Waals surface area contributed by atoms with Crippen LogP contribution in [0.2, 0.25) is 0 Å². The van der Waals surface area contributed by atoms with Crippen LogP contribution >= 0.6 is 12.2 Å². The molecule has 3 nitrogen and oxygen atoms in total. The number of morpholine rings is 1. The van der Waals surface area contributed by atoms with Crippen molar-refractivity contribution in [3.05, 3.63) is 0 Å². The zero-order valence-corrected chi connectivity index (χ0v) is 9.41. The summed E-state index contributed by atoms with van der Waals surface area (Å²) in [5.41, 5.74) is 0.0510. The molecule has 0 aromatic heterocycles. The van der Waals surface area contributed by atoms with Crippen LogP contribution < -0.4 is 5.32 Å². The van der Waals surface area contributed by atoms with Crippen molar-refractivity contribution in [2.75, 3.05) is 26.3 Å². The lowest BCUT2D eigenvalue weighted by Crippen LogP contribution is -2.51. The van der Waals surface area contributed by atoms with Crippen LogP contribution in [-0.4, -0.2) is 41.9 Å². The van der Waals surface area contributed by atoms with Gasteiger partial charge >= 0.3 is 0 Å². The molecule has 13 heavy (non-hydrogen) atoms. The summed E-state index contributed by atoms with van der Waals surface area (Å²) < 4.78 is 5.25. The van der Waals surface area contributed by atoms with E-state index in [4.69, 9.17) is 17.0 Å². The third-order valence-corrected chi connectivity index (χ3v) is 2.14. The number of hydrogen-bond donors (Lipinski definition) is 1. The normalized spacial score (nSPS) is 18.5. The standard InChI is InChI=1S/C9H18N2OS/c1-9(2,3)10-8(13)11-4-6-12-7-5-11/h4-7H2,1-3H3,(H,10,13). The van der Waals surface area contributed by atoms with Gasteiger partial charge in [-0.1, -0.05) is 0 Å². The van der Waals surface area contributed by atoms with E-state index in [1.54, 1.807) is 0 Å². The zero-order chi connectivity index (χ0) is 9.90. The Bertz CT molecular complexity index is 183. The highest BCUT2D eigenvalue weighted by atomic mass is 32.1. The summed E-state index contributed by atoms with van der Waals surface area (Å²) >= 11 is 5.28. The molecular formula is C9H18N2OS. The van der Waals surface area contributed by atoms with Crippen LogP contribution in [-0.2, 0) is 4.74 Å². The largest absolute Gasteiger partial charge is 0.378 e. The predicted octanol–water partition coefficient (Wildman–Crippen LogP) is 0.992. The molecule has 1 rings (SSSR count). The minimum absolute atomic E-state index is 0.0510. The smallest absolute Gasteiger partial charge is 0.169 e. The molecule has 1 N–H and O–H groups in total. The van der Waals surface area contributed by atoms with Gasteiger partial charge < -0.3 is 15.0 Å². The van der Waals surface area contributed by atoms with E-state index >= 15 is 0 Å². The number of hydrogen-bond acceptors (Lipinski definition) is 2. The highest BCUT2D eigenvalue weighted by molar-refractivity contribution is 7.80. The number of rotatable bonds is 0. The van der Waals surface area contributed by atoms with E-state index in [-0.39, 0.29) is 5.54 Å². The molecule has 0 saturated carbocycles. The third-order valence-electron chi connectivity index (χ3n) is 1.78. The summed E-state index contributed by atoms with van der Waals surface area (Å²) in [7, 11) is 0. The topological polar surface area (TPSA) is 24.5 Å². The molecule has 1 saturated heterocycles. The van der Waals surface area contributed by atoms with Gasteiger partial charge in [-0.3, -0.25) is 0 Å². The third kappa shape index (κ3) is 3.91. The molecule has 0 bridgehead atoms. The van der Waals surface area contributed by atoms with Crippen molar-refractivity contribution in [3.8, 4) is 0 Å². The highest BCUT2D eigenvalue weighted by Crippen LogP contribution is 2.03. The molecule has 0 aromatic rings. The summed E-state index contributed by atoms with van der Waals surface area (Å²) in [5, 5.41) is 4.13. The van der Waals surface area contributed by atoms with Gasteiger partial charge in [-0.05, 0) is 33.0 Å². The van der Waals surface area contributed by atoms with Crippen LogP contribution in [0.1, 0.15) is 20.8 Å². The van der Waals surface area contributed by atoms with Crippen LogP contribution in [0.25, 0.3) is 0 Å². The lowest BCUT2D eigenvalue weighted by Gasteiger charge is -2.33. The van der Waals surface area contributed by atoms with E-state index in [0.717, 1.165) is 31.4 Å². The molecule has 1 heterocycles. The van der Waals surface area contributed by atoms with Gasteiger partial charge in [-0.25, -0.2) is 0 Å². The summed E-state index contributed by atoms with van der Waals surface area (Å²) in [6.45, 7) is 9.71. The summed E-state index contributed by atoms with van der Waals surface area (Å²) in [5.74, 6) is 0. The van der Waals surface area contributed by atoms with Crippen LogP contribution in [0.4, 0.5) is 0 Å². The number of ether oxygens (including phenoxy) is 1. The van der Waals surface area contributed by atoms with Gasteiger partial charge in [0.1, 0.15) is 0 Å². The van der Waals surface area contributed by atoms with Crippen molar-refractivity contribution < 1.29 is 4.74 Å². The fourth-order valence-electron chi connectivity index (χ4n) is 1.17. The van der Waals surface area contributed by atoms with Gasteiger partial charge in [0.05, 0.1) is 13.2 Å². The first-order valence-corrected chi connectivity index (χ1v) is 5.05. The summed E-state index contributed by atoms with van der Waals surface area (Å²) in [6, 6.07) is 0. The number of nitrogens with one attached hydrogen (secondary N) is 1. The molecule has 0 unspecified atom stereocenters. The maximum atomic E-state index is 5.28. The van der Waals surface area contributed by atoms with Crippen molar-refractivity contribution in [3.63, 3.8) is 0 Å². The maximum absolute atomic E-state index is 5.28. The Morgan fingerprint density at radius 1 is 1.31 bits per heavy atom. The zero-order valence-electron chi connectivity index (χ0n) is 8.59. The Morgan fingerprint density at radius 3 is 2.31 bits per heavy atom. The van der Waals surface area contributed by atoms with Crippen molar-refractivity contribution in [1.29, 1.82) is 0 Å². The SMILES string of the molecule is CC(C)(C)NC(=S)N1CCOCC1. The second kappa shape index (κ2) is 4.24. The van der Waals surface area contributed by atoms with Gasteiger partial charge in [-0.15, -0.1) is 0 Å². The van der Waals surface area contributed by atoms with Crippen molar-refractivity contribution >= 4 is 17.3 Å². The average molecular weight is 202 g/mol. The van der Waals surface area contributed by atoms with E-state index in [9.17, 15) is 0 Å². The second-order valence-corrected chi connectivity index (χ2v) is 4.67. The quantitative estimate of drug-likeness (QED) is 0.592. The van der Waals surface area contributed by atoms with Crippen molar-refractivity contribution in [1.82, 2.24) is 10.2 Å². The second-order valence-electron chi connectivity index (χ2n) is 4.28. The van der Waals surface area contributed by atoms with E-state index < -0.39 is 0 Å². The fraction of sp³-hybridized carbons (Fsp3) is 0.889. The Kier molecular flexibility index (Phi) is 3.50. The average Bonchev–Trinajstić information content (AvgIpc) is 2.03. The van der Waals surface area contributed by atoms with Gasteiger partial charge in [0, 0.05) is 18.6 Å². The lowest BCUT2D eigenvalue weighted by molar-refractivity contribution is 0.0670. The Hall–Kier alpha value is -0.350. The first-order chi connectivity index (χ1) is 5.99. The Balaban J connectivity index is 2.38. The first-order valence-electron chi connectivity index (χ1n) is 4.64. The molecule has 0 atom stereocenters. The minimum atomic E-state index is 0.0510. The van der Waals surface area contributed by atoms with Gasteiger partial charge in [0.25, 0.3) is 0 Å². The van der Waals surface area contributed by atoms with Gasteiger partial charge in [-0.2, -0.15) is 0 Å². The Labute approximate surface area is 85.4 Å². The molecule has 1 aliphatic rings. The number of thiocarbonyl (C=S) groups is 1. The molecule has 0 spiro atoms. The molecule has 4 heteroatoms.